The molecule has 25 heavy (non-hydrogen) atoms. The normalized spacial score (nSPS) is 20.1. The van der Waals surface area contributed by atoms with Crippen molar-refractivity contribution >= 4 is 23.2 Å². The first-order chi connectivity index (χ1) is 11.8. The van der Waals surface area contributed by atoms with Crippen LogP contribution in [0.1, 0.15) is 30.7 Å². The first-order valence-electron chi connectivity index (χ1n) is 7.64. The van der Waals surface area contributed by atoms with Crippen LogP contribution in [0.2, 0.25) is 0 Å². The van der Waals surface area contributed by atoms with Crippen LogP contribution in [0.5, 0.6) is 0 Å². The average molecular weight is 356 g/mol. The number of thiophene rings is 1. The van der Waals surface area contributed by atoms with Gasteiger partial charge < -0.3 is 5.73 Å². The second-order valence-corrected chi connectivity index (χ2v) is 7.01. The number of pyridine rings is 1. The highest BCUT2D eigenvalue weighted by Crippen LogP contribution is 2.41. The van der Waals surface area contributed by atoms with Crippen molar-refractivity contribution in [3.8, 4) is 23.0 Å². The molecule has 0 spiro atoms. The molecule has 0 aliphatic carbocycles. The summed E-state index contributed by atoms with van der Waals surface area (Å²) in [6, 6.07) is 3.51. The minimum absolute atomic E-state index is 0.135. The van der Waals surface area contributed by atoms with Crippen molar-refractivity contribution in [2.75, 3.05) is 7.05 Å². The van der Waals surface area contributed by atoms with Crippen LogP contribution in [-0.2, 0) is 10.3 Å². The van der Waals surface area contributed by atoms with Gasteiger partial charge >= 0.3 is 0 Å². The summed E-state index contributed by atoms with van der Waals surface area (Å²) >= 11 is 0.975. The molecule has 0 bridgehead atoms. The van der Waals surface area contributed by atoms with Crippen molar-refractivity contribution in [2.45, 2.75) is 25.8 Å². The zero-order valence-corrected chi connectivity index (χ0v) is 14.9. The van der Waals surface area contributed by atoms with Crippen LogP contribution < -0.4 is 5.73 Å². The van der Waals surface area contributed by atoms with Gasteiger partial charge in [-0.05, 0) is 26.0 Å². The van der Waals surface area contributed by atoms with E-state index in [1.807, 2.05) is 0 Å². The number of carbonyl (C=O) groups is 1. The van der Waals surface area contributed by atoms with Crippen LogP contribution in [0.3, 0.4) is 0 Å². The number of hydrogen-bond acceptors (Lipinski definition) is 5. The summed E-state index contributed by atoms with van der Waals surface area (Å²) in [6.45, 7) is 3.52. The zero-order chi connectivity index (χ0) is 18.2. The van der Waals surface area contributed by atoms with Crippen molar-refractivity contribution in [3.63, 3.8) is 0 Å². The third-order valence-corrected chi connectivity index (χ3v) is 5.29. The zero-order valence-electron chi connectivity index (χ0n) is 14.1. The molecule has 0 aromatic carbocycles. The number of aromatic nitrogens is 1. The molecule has 0 fully saturated rings. The Bertz CT molecular complexity index is 940. The third kappa shape index (κ3) is 3.13. The van der Waals surface area contributed by atoms with Crippen molar-refractivity contribution in [3.05, 3.63) is 40.1 Å². The fraction of sp³-hybridized carbons (Fsp3) is 0.278. The van der Waals surface area contributed by atoms with Crippen LogP contribution >= 0.6 is 11.3 Å². The molecule has 0 unspecified atom stereocenters. The fourth-order valence-electron chi connectivity index (χ4n) is 2.68. The molecule has 2 N–H and O–H groups in total. The number of carbonyl (C=O) groups excluding carboxylic acids is 1. The molecule has 0 radical (unpaired) electrons. The van der Waals surface area contributed by atoms with E-state index in [2.05, 4.69) is 21.8 Å². The number of guanidine groups is 1. The molecule has 3 rings (SSSR count). The van der Waals surface area contributed by atoms with Crippen molar-refractivity contribution < 1.29 is 9.18 Å². The molecule has 1 aliphatic rings. The highest BCUT2D eigenvalue weighted by molar-refractivity contribution is 7.11. The monoisotopic (exact) mass is 356 g/mol. The molecule has 3 heterocycles. The Balaban J connectivity index is 2.05. The molecular weight excluding hydrogens is 339 g/mol. The Labute approximate surface area is 149 Å². The van der Waals surface area contributed by atoms with Gasteiger partial charge in [0.15, 0.2) is 11.1 Å². The van der Waals surface area contributed by atoms with Crippen molar-refractivity contribution in [2.24, 2.45) is 10.7 Å². The highest BCUT2D eigenvalue weighted by atomic mass is 32.1. The lowest BCUT2D eigenvalue weighted by atomic mass is 9.93. The van der Waals surface area contributed by atoms with E-state index >= 15 is 0 Å². The number of halogens is 1. The van der Waals surface area contributed by atoms with Crippen LogP contribution in [0.4, 0.5) is 4.39 Å². The Morgan fingerprint density at radius 3 is 2.84 bits per heavy atom. The predicted molar refractivity (Wildman–Crippen MR) is 96.4 cm³/mol. The van der Waals surface area contributed by atoms with E-state index < -0.39 is 5.54 Å². The standard InChI is InChI=1S/C18H17FN4OS/c1-4-5-11-6-12(10-21-9-11)13-7-14(25-16(13)19)18(2)8-15(24)23(3)17(20)22-18/h6-7,9-10H,8H2,1-3H3,(H2,20,22)/t18-/m0/s1. The van der Waals surface area contributed by atoms with Crippen molar-refractivity contribution in [1.29, 1.82) is 0 Å². The van der Waals surface area contributed by atoms with Crippen LogP contribution in [0, 0.1) is 17.0 Å². The molecular formula is C18H17FN4OS. The summed E-state index contributed by atoms with van der Waals surface area (Å²) in [5.74, 6) is 5.70. The summed E-state index contributed by atoms with van der Waals surface area (Å²) in [5, 5.41) is -0.347. The molecule has 1 aliphatic heterocycles. The van der Waals surface area contributed by atoms with Gasteiger partial charge in [-0.2, -0.15) is 4.39 Å². The molecule has 1 amide bonds. The first-order valence-corrected chi connectivity index (χ1v) is 8.45. The fourth-order valence-corrected chi connectivity index (χ4v) is 3.68. The number of nitrogens with two attached hydrogens (primary N) is 1. The molecule has 1 atom stereocenters. The summed E-state index contributed by atoms with van der Waals surface area (Å²) in [5.41, 5.74) is 6.74. The molecule has 128 valence electrons. The maximum Gasteiger partial charge on any atom is 0.231 e. The SMILES string of the molecule is CC#Cc1cncc(-c2cc([C@]3(C)CC(=O)N(C)C(N)=N3)sc2F)c1. The number of amides is 1. The minimum Gasteiger partial charge on any atom is -0.369 e. The van der Waals surface area contributed by atoms with E-state index in [-0.39, 0.29) is 23.4 Å². The number of rotatable bonds is 2. The maximum absolute atomic E-state index is 14.6. The molecule has 2 aromatic rings. The van der Waals surface area contributed by atoms with Gasteiger partial charge in [-0.15, -0.1) is 17.3 Å². The summed E-state index contributed by atoms with van der Waals surface area (Å²) in [6.07, 6.45) is 3.37. The number of nitrogens with zero attached hydrogens (tertiary/aromatic N) is 3. The van der Waals surface area contributed by atoms with E-state index in [4.69, 9.17) is 5.73 Å². The predicted octanol–water partition coefficient (Wildman–Crippen LogP) is 2.71. The minimum atomic E-state index is -0.869. The van der Waals surface area contributed by atoms with E-state index in [0.29, 0.717) is 16.0 Å². The average Bonchev–Trinajstić information content (AvgIpc) is 2.96. The van der Waals surface area contributed by atoms with E-state index in [1.165, 1.54) is 4.90 Å². The van der Waals surface area contributed by atoms with Crippen LogP contribution in [0.15, 0.2) is 29.5 Å². The first kappa shape index (κ1) is 17.1. The largest absolute Gasteiger partial charge is 0.369 e. The van der Waals surface area contributed by atoms with Crippen LogP contribution in [-0.4, -0.2) is 28.8 Å². The topological polar surface area (TPSA) is 71.6 Å². The van der Waals surface area contributed by atoms with Gasteiger partial charge in [0.05, 0.1) is 6.42 Å². The summed E-state index contributed by atoms with van der Waals surface area (Å²) in [7, 11) is 1.58. The molecule has 5 nitrogen and oxygen atoms in total. The second-order valence-electron chi connectivity index (χ2n) is 6.01. The van der Waals surface area contributed by atoms with Gasteiger partial charge in [-0.3, -0.25) is 14.7 Å². The smallest absolute Gasteiger partial charge is 0.231 e. The quantitative estimate of drug-likeness (QED) is 0.841. The van der Waals surface area contributed by atoms with Gasteiger partial charge in [-0.1, -0.05) is 5.92 Å². The van der Waals surface area contributed by atoms with E-state index in [1.54, 1.807) is 45.4 Å². The van der Waals surface area contributed by atoms with Crippen LogP contribution in [0.25, 0.3) is 11.1 Å². The Kier molecular flexibility index (Phi) is 4.31. The molecule has 0 saturated carbocycles. The van der Waals surface area contributed by atoms with Gasteiger partial charge in [0.2, 0.25) is 5.91 Å². The number of hydrogen-bond donors (Lipinski definition) is 1. The molecule has 0 saturated heterocycles. The highest BCUT2D eigenvalue weighted by Gasteiger charge is 2.38. The van der Waals surface area contributed by atoms with Gasteiger partial charge in [0, 0.05) is 41.0 Å². The maximum atomic E-state index is 14.6. The lowest BCUT2D eigenvalue weighted by molar-refractivity contribution is -0.128. The van der Waals surface area contributed by atoms with E-state index in [0.717, 1.165) is 16.9 Å². The lowest BCUT2D eigenvalue weighted by Gasteiger charge is -2.32. The molecule has 2 aromatic heterocycles. The summed E-state index contributed by atoms with van der Waals surface area (Å²) < 4.78 is 14.6. The second kappa shape index (κ2) is 6.30. The Hall–Kier alpha value is -2.72. The molecule has 7 heteroatoms. The van der Waals surface area contributed by atoms with Gasteiger partial charge in [-0.25, -0.2) is 4.99 Å². The summed E-state index contributed by atoms with van der Waals surface area (Å²) in [4.78, 5) is 22.6. The lowest BCUT2D eigenvalue weighted by Crippen LogP contribution is -2.47. The number of aliphatic imine (C=N–C) groups is 1. The third-order valence-electron chi connectivity index (χ3n) is 4.11. The Morgan fingerprint density at radius 2 is 2.16 bits per heavy atom. The van der Waals surface area contributed by atoms with Gasteiger partial charge in [0.1, 0.15) is 5.54 Å². The Morgan fingerprint density at radius 1 is 1.40 bits per heavy atom. The van der Waals surface area contributed by atoms with Gasteiger partial charge in [0.25, 0.3) is 0 Å². The van der Waals surface area contributed by atoms with E-state index in [9.17, 15) is 9.18 Å². The van der Waals surface area contributed by atoms with Crippen molar-refractivity contribution in [1.82, 2.24) is 9.88 Å².